The minimum atomic E-state index is -0.0798. The number of hydrogen-bond donors (Lipinski definition) is 3. The number of guanidine groups is 1. The van der Waals surface area contributed by atoms with Crippen LogP contribution in [0.3, 0.4) is 0 Å². The summed E-state index contributed by atoms with van der Waals surface area (Å²) in [6, 6.07) is 17.3. The number of ether oxygens (including phenoxy) is 1. The highest BCUT2D eigenvalue weighted by molar-refractivity contribution is 14.0. The van der Waals surface area contributed by atoms with Crippen molar-refractivity contribution in [3.63, 3.8) is 0 Å². The van der Waals surface area contributed by atoms with Crippen molar-refractivity contribution < 1.29 is 9.53 Å². The van der Waals surface area contributed by atoms with E-state index in [0.29, 0.717) is 18.7 Å². The fourth-order valence-corrected chi connectivity index (χ4v) is 3.16. The number of halogens is 1. The first kappa shape index (κ1) is 26.2. The van der Waals surface area contributed by atoms with Gasteiger partial charge in [-0.25, -0.2) is 9.67 Å². The van der Waals surface area contributed by atoms with Gasteiger partial charge in [-0.1, -0.05) is 12.1 Å². The van der Waals surface area contributed by atoms with Crippen molar-refractivity contribution in [3.05, 3.63) is 77.6 Å². The SMILES string of the molecule is CCNC(=NCc1ccn(-c2ccc(OC)cc2)n1)NCCc1cccc(C(=O)NC)c1.I. The van der Waals surface area contributed by atoms with Crippen molar-refractivity contribution >= 4 is 35.8 Å². The largest absolute Gasteiger partial charge is 0.497 e. The first-order valence-electron chi connectivity index (χ1n) is 10.6. The molecule has 9 heteroatoms. The molecule has 0 atom stereocenters. The molecule has 0 aliphatic carbocycles. The van der Waals surface area contributed by atoms with Crippen LogP contribution in [0.15, 0.2) is 65.8 Å². The van der Waals surface area contributed by atoms with Crippen molar-refractivity contribution in [2.24, 2.45) is 4.99 Å². The lowest BCUT2D eigenvalue weighted by Crippen LogP contribution is -2.38. The lowest BCUT2D eigenvalue weighted by Gasteiger charge is -2.11. The van der Waals surface area contributed by atoms with E-state index in [1.165, 1.54) is 0 Å². The highest BCUT2D eigenvalue weighted by Gasteiger charge is 2.05. The van der Waals surface area contributed by atoms with Gasteiger partial charge in [0, 0.05) is 31.9 Å². The third-order valence-electron chi connectivity index (χ3n) is 4.85. The number of carbonyl (C=O) groups is 1. The van der Waals surface area contributed by atoms with E-state index in [1.807, 2.05) is 72.4 Å². The normalized spacial score (nSPS) is 10.8. The Morgan fingerprint density at radius 3 is 2.61 bits per heavy atom. The Bertz CT molecular complexity index is 1050. The Hall–Kier alpha value is -3.08. The van der Waals surface area contributed by atoms with Gasteiger partial charge in [-0.2, -0.15) is 5.10 Å². The van der Waals surface area contributed by atoms with Crippen LogP contribution in [0.4, 0.5) is 0 Å². The van der Waals surface area contributed by atoms with E-state index in [9.17, 15) is 4.79 Å². The molecule has 0 bridgehead atoms. The molecule has 0 fully saturated rings. The fourth-order valence-electron chi connectivity index (χ4n) is 3.16. The van der Waals surface area contributed by atoms with Gasteiger partial charge < -0.3 is 20.7 Å². The van der Waals surface area contributed by atoms with Gasteiger partial charge in [-0.3, -0.25) is 4.79 Å². The van der Waals surface area contributed by atoms with Crippen LogP contribution in [-0.2, 0) is 13.0 Å². The molecule has 8 nitrogen and oxygen atoms in total. The number of nitrogens with zero attached hydrogens (tertiary/aromatic N) is 3. The highest BCUT2D eigenvalue weighted by atomic mass is 127. The predicted octanol–water partition coefficient (Wildman–Crippen LogP) is 3.16. The van der Waals surface area contributed by atoms with Gasteiger partial charge >= 0.3 is 0 Å². The smallest absolute Gasteiger partial charge is 0.251 e. The zero-order valence-electron chi connectivity index (χ0n) is 19.2. The molecule has 0 aliphatic rings. The molecule has 3 rings (SSSR count). The minimum Gasteiger partial charge on any atom is -0.497 e. The maximum atomic E-state index is 11.8. The van der Waals surface area contributed by atoms with Gasteiger partial charge in [0.2, 0.25) is 0 Å². The minimum absolute atomic E-state index is 0. The molecule has 33 heavy (non-hydrogen) atoms. The second-order valence-corrected chi connectivity index (χ2v) is 7.10. The number of amides is 1. The van der Waals surface area contributed by atoms with Gasteiger partial charge in [0.1, 0.15) is 5.75 Å². The van der Waals surface area contributed by atoms with Gasteiger partial charge in [0.25, 0.3) is 5.91 Å². The van der Waals surface area contributed by atoms with Crippen LogP contribution in [0.1, 0.15) is 28.5 Å². The van der Waals surface area contributed by atoms with E-state index in [1.54, 1.807) is 14.2 Å². The van der Waals surface area contributed by atoms with Crippen molar-refractivity contribution in [3.8, 4) is 11.4 Å². The molecule has 0 spiro atoms. The number of aromatic nitrogens is 2. The van der Waals surface area contributed by atoms with Gasteiger partial charge in [0.15, 0.2) is 5.96 Å². The molecule has 1 heterocycles. The molecule has 0 saturated heterocycles. The zero-order chi connectivity index (χ0) is 22.8. The molecular formula is C24H31IN6O2. The lowest BCUT2D eigenvalue weighted by atomic mass is 10.1. The van der Waals surface area contributed by atoms with Crippen molar-refractivity contribution in [2.45, 2.75) is 19.9 Å². The summed E-state index contributed by atoms with van der Waals surface area (Å²) in [5, 5.41) is 13.9. The Morgan fingerprint density at radius 2 is 1.91 bits per heavy atom. The number of benzene rings is 2. The van der Waals surface area contributed by atoms with E-state index < -0.39 is 0 Å². The van der Waals surface area contributed by atoms with Crippen molar-refractivity contribution in [1.82, 2.24) is 25.7 Å². The average Bonchev–Trinajstić information content (AvgIpc) is 3.31. The number of nitrogens with one attached hydrogen (secondary N) is 3. The maximum Gasteiger partial charge on any atom is 0.251 e. The van der Waals surface area contributed by atoms with E-state index in [0.717, 1.165) is 41.6 Å². The van der Waals surface area contributed by atoms with Gasteiger partial charge in [-0.05, 0) is 61.4 Å². The van der Waals surface area contributed by atoms with Crippen LogP contribution in [0.5, 0.6) is 5.75 Å². The first-order valence-corrected chi connectivity index (χ1v) is 10.6. The summed E-state index contributed by atoms with van der Waals surface area (Å²) < 4.78 is 7.02. The molecule has 1 aromatic heterocycles. The van der Waals surface area contributed by atoms with Crippen molar-refractivity contribution in [2.75, 3.05) is 27.2 Å². The summed E-state index contributed by atoms with van der Waals surface area (Å²) in [6.07, 6.45) is 2.70. The summed E-state index contributed by atoms with van der Waals surface area (Å²) in [7, 11) is 3.28. The molecule has 0 saturated carbocycles. The van der Waals surface area contributed by atoms with E-state index >= 15 is 0 Å². The summed E-state index contributed by atoms with van der Waals surface area (Å²) in [5.74, 6) is 1.46. The standard InChI is InChI=1S/C24H30N6O2.HI/c1-4-26-24(27-14-12-18-6-5-7-19(16-18)23(31)25-2)28-17-20-13-15-30(29-20)21-8-10-22(32-3)11-9-21;/h5-11,13,15-16H,4,12,14,17H2,1-3H3,(H,25,31)(H2,26,27,28);1H. The summed E-state index contributed by atoms with van der Waals surface area (Å²) in [4.78, 5) is 16.4. The number of hydrogen-bond acceptors (Lipinski definition) is 4. The van der Waals surface area contributed by atoms with Crippen LogP contribution in [0.25, 0.3) is 5.69 Å². The fraction of sp³-hybridized carbons (Fsp3) is 0.292. The molecule has 2 aromatic carbocycles. The van der Waals surface area contributed by atoms with Crippen LogP contribution in [-0.4, -0.2) is 48.9 Å². The third-order valence-corrected chi connectivity index (χ3v) is 4.85. The van der Waals surface area contributed by atoms with Crippen LogP contribution >= 0.6 is 24.0 Å². The molecule has 3 aromatic rings. The summed E-state index contributed by atoms with van der Waals surface area (Å²) in [6.45, 7) is 3.95. The van der Waals surface area contributed by atoms with Crippen LogP contribution in [0, 0.1) is 0 Å². The zero-order valence-corrected chi connectivity index (χ0v) is 21.5. The average molecular weight is 562 g/mol. The number of aliphatic imine (C=N–C) groups is 1. The Kier molecular flexibility index (Phi) is 10.7. The topological polar surface area (TPSA) is 92.6 Å². The second kappa shape index (κ2) is 13.5. The quantitative estimate of drug-likeness (QED) is 0.212. The lowest BCUT2D eigenvalue weighted by molar-refractivity contribution is 0.0963. The summed E-state index contributed by atoms with van der Waals surface area (Å²) in [5.41, 5.74) is 3.59. The monoisotopic (exact) mass is 562 g/mol. The van der Waals surface area contributed by atoms with Crippen LogP contribution in [0.2, 0.25) is 0 Å². The molecule has 176 valence electrons. The highest BCUT2D eigenvalue weighted by Crippen LogP contribution is 2.14. The molecule has 0 unspecified atom stereocenters. The molecule has 0 radical (unpaired) electrons. The number of methoxy groups -OCH3 is 1. The summed E-state index contributed by atoms with van der Waals surface area (Å²) >= 11 is 0. The Balaban J connectivity index is 0.00000385. The molecule has 3 N–H and O–H groups in total. The first-order chi connectivity index (χ1) is 15.6. The van der Waals surface area contributed by atoms with Gasteiger partial charge in [-0.15, -0.1) is 24.0 Å². The van der Waals surface area contributed by atoms with E-state index in [2.05, 4.69) is 26.0 Å². The Morgan fingerprint density at radius 1 is 1.12 bits per heavy atom. The second-order valence-electron chi connectivity index (χ2n) is 7.10. The molecular weight excluding hydrogens is 531 g/mol. The predicted molar refractivity (Wildman–Crippen MR) is 142 cm³/mol. The van der Waals surface area contributed by atoms with E-state index in [-0.39, 0.29) is 29.9 Å². The number of carbonyl (C=O) groups excluding carboxylic acids is 1. The third kappa shape index (κ3) is 7.77. The van der Waals surface area contributed by atoms with E-state index in [4.69, 9.17) is 4.74 Å². The number of rotatable bonds is 9. The maximum absolute atomic E-state index is 11.8. The Labute approximate surface area is 211 Å². The molecule has 1 amide bonds. The molecule has 0 aliphatic heterocycles. The van der Waals surface area contributed by atoms with Crippen LogP contribution < -0.4 is 20.7 Å². The van der Waals surface area contributed by atoms with Gasteiger partial charge in [0.05, 0.1) is 25.0 Å². The van der Waals surface area contributed by atoms with Crippen molar-refractivity contribution in [1.29, 1.82) is 0 Å².